The molecule has 0 spiro atoms. The summed E-state index contributed by atoms with van der Waals surface area (Å²) in [6.45, 7) is 3.06. The van der Waals surface area contributed by atoms with Crippen LogP contribution in [0.2, 0.25) is 0 Å². The summed E-state index contributed by atoms with van der Waals surface area (Å²) < 4.78 is 0. The Balaban J connectivity index is 2.13. The Morgan fingerprint density at radius 2 is 2.15 bits per heavy atom. The molecule has 2 rings (SSSR count). The summed E-state index contributed by atoms with van der Waals surface area (Å²) in [5.74, 6) is -1.38. The second-order valence-corrected chi connectivity index (χ2v) is 5.14. The third kappa shape index (κ3) is 3.04. The first kappa shape index (κ1) is 14.2. The molecule has 1 aromatic heterocycles. The molecular weight excluding hydrogens is 262 g/mol. The van der Waals surface area contributed by atoms with E-state index in [-0.39, 0.29) is 12.1 Å². The van der Waals surface area contributed by atoms with Gasteiger partial charge in [-0.3, -0.25) is 14.4 Å². The lowest BCUT2D eigenvalue weighted by atomic mass is 10.1. The number of nitrogens with one attached hydrogen (secondary N) is 2. The van der Waals surface area contributed by atoms with Crippen molar-refractivity contribution < 1.29 is 14.7 Å². The van der Waals surface area contributed by atoms with Crippen LogP contribution in [0, 0.1) is 12.8 Å². The summed E-state index contributed by atoms with van der Waals surface area (Å²) in [6, 6.07) is 0. The Kier molecular flexibility index (Phi) is 3.87. The van der Waals surface area contributed by atoms with Crippen LogP contribution < -0.4 is 10.9 Å². The van der Waals surface area contributed by atoms with Gasteiger partial charge < -0.3 is 15.4 Å². The minimum Gasteiger partial charge on any atom is -0.481 e. The van der Waals surface area contributed by atoms with Crippen molar-refractivity contribution in [1.29, 1.82) is 0 Å². The van der Waals surface area contributed by atoms with Crippen LogP contribution in [0.15, 0.2) is 4.79 Å². The highest BCUT2D eigenvalue weighted by Gasteiger charge is 2.28. The van der Waals surface area contributed by atoms with Crippen molar-refractivity contribution in [2.75, 3.05) is 6.54 Å². The second-order valence-electron chi connectivity index (χ2n) is 5.14. The van der Waals surface area contributed by atoms with Crippen LogP contribution in [0.3, 0.4) is 0 Å². The molecule has 0 aliphatic heterocycles. The van der Waals surface area contributed by atoms with Gasteiger partial charge in [-0.05, 0) is 19.8 Å². The van der Waals surface area contributed by atoms with E-state index in [0.29, 0.717) is 17.4 Å². The highest BCUT2D eigenvalue weighted by atomic mass is 16.4. The summed E-state index contributed by atoms with van der Waals surface area (Å²) in [4.78, 5) is 41.4. The molecule has 3 N–H and O–H groups in total. The van der Waals surface area contributed by atoms with E-state index in [4.69, 9.17) is 5.11 Å². The van der Waals surface area contributed by atoms with Gasteiger partial charge in [-0.15, -0.1) is 0 Å². The van der Waals surface area contributed by atoms with Gasteiger partial charge >= 0.3 is 5.97 Å². The van der Waals surface area contributed by atoms with Gasteiger partial charge in [0.15, 0.2) is 0 Å². The Morgan fingerprint density at radius 3 is 2.65 bits per heavy atom. The molecule has 7 nitrogen and oxygen atoms in total. The fraction of sp³-hybridized carbons (Fsp3) is 0.538. The molecule has 1 unspecified atom stereocenters. The SMILES string of the molecule is Cc1nc(C2CC2)[nH]c(=O)c1C(=O)NCC(C)C(=O)O. The van der Waals surface area contributed by atoms with Gasteiger partial charge in [-0.25, -0.2) is 4.98 Å². The van der Waals surface area contributed by atoms with Gasteiger partial charge in [0.05, 0.1) is 11.6 Å². The van der Waals surface area contributed by atoms with Crippen molar-refractivity contribution in [2.24, 2.45) is 5.92 Å². The van der Waals surface area contributed by atoms with Crippen molar-refractivity contribution in [3.63, 3.8) is 0 Å². The van der Waals surface area contributed by atoms with Crippen LogP contribution >= 0.6 is 0 Å². The van der Waals surface area contributed by atoms with Crippen LogP contribution in [0.1, 0.15) is 47.6 Å². The largest absolute Gasteiger partial charge is 0.481 e. The normalized spacial score (nSPS) is 15.7. The van der Waals surface area contributed by atoms with Crippen molar-refractivity contribution in [2.45, 2.75) is 32.6 Å². The number of aromatic amines is 1. The number of rotatable bonds is 5. The van der Waals surface area contributed by atoms with Crippen molar-refractivity contribution in [3.8, 4) is 0 Å². The lowest BCUT2D eigenvalue weighted by Gasteiger charge is -2.10. The van der Waals surface area contributed by atoms with E-state index in [0.717, 1.165) is 12.8 Å². The third-order valence-corrected chi connectivity index (χ3v) is 3.30. The third-order valence-electron chi connectivity index (χ3n) is 3.30. The average molecular weight is 279 g/mol. The predicted octanol–water partition coefficient (Wildman–Crippen LogP) is 0.406. The zero-order valence-corrected chi connectivity index (χ0v) is 11.4. The number of carbonyl (C=O) groups excluding carboxylic acids is 1. The van der Waals surface area contributed by atoms with E-state index in [9.17, 15) is 14.4 Å². The number of nitrogens with zero attached hydrogens (tertiary/aromatic N) is 1. The number of hydrogen-bond donors (Lipinski definition) is 3. The maximum absolute atomic E-state index is 11.9. The molecule has 0 aromatic carbocycles. The van der Waals surface area contributed by atoms with Crippen LogP contribution in [0.4, 0.5) is 0 Å². The summed E-state index contributed by atoms with van der Waals surface area (Å²) in [6.07, 6.45) is 2.01. The van der Waals surface area contributed by atoms with E-state index in [1.165, 1.54) is 6.92 Å². The van der Waals surface area contributed by atoms with Gasteiger partial charge in [0.2, 0.25) is 0 Å². The predicted molar refractivity (Wildman–Crippen MR) is 70.7 cm³/mol. The Labute approximate surface area is 115 Å². The molecule has 108 valence electrons. The first-order valence-corrected chi connectivity index (χ1v) is 6.52. The lowest BCUT2D eigenvalue weighted by Crippen LogP contribution is -2.36. The Hall–Kier alpha value is -2.18. The van der Waals surface area contributed by atoms with Crippen LogP contribution in [0.5, 0.6) is 0 Å². The molecule has 1 amide bonds. The zero-order chi connectivity index (χ0) is 14.9. The van der Waals surface area contributed by atoms with Crippen LogP contribution in [-0.2, 0) is 4.79 Å². The molecule has 1 saturated carbocycles. The molecule has 7 heteroatoms. The van der Waals surface area contributed by atoms with E-state index in [1.54, 1.807) is 6.92 Å². The molecule has 1 aromatic rings. The molecule has 0 radical (unpaired) electrons. The maximum Gasteiger partial charge on any atom is 0.308 e. The first-order valence-electron chi connectivity index (χ1n) is 6.52. The van der Waals surface area contributed by atoms with E-state index in [2.05, 4.69) is 15.3 Å². The van der Waals surface area contributed by atoms with E-state index < -0.39 is 23.4 Å². The van der Waals surface area contributed by atoms with Gasteiger partial charge in [-0.1, -0.05) is 6.92 Å². The summed E-state index contributed by atoms with van der Waals surface area (Å²) >= 11 is 0. The molecule has 0 bridgehead atoms. The molecule has 1 aliphatic carbocycles. The minimum absolute atomic E-state index is 0.0303. The summed E-state index contributed by atoms with van der Waals surface area (Å²) in [5, 5.41) is 11.2. The van der Waals surface area contributed by atoms with Crippen molar-refractivity contribution >= 4 is 11.9 Å². The van der Waals surface area contributed by atoms with Crippen molar-refractivity contribution in [1.82, 2.24) is 15.3 Å². The topological polar surface area (TPSA) is 112 Å². The van der Waals surface area contributed by atoms with Gasteiger partial charge in [-0.2, -0.15) is 0 Å². The summed E-state index contributed by atoms with van der Waals surface area (Å²) in [7, 11) is 0. The molecule has 1 heterocycles. The smallest absolute Gasteiger partial charge is 0.308 e. The highest BCUT2D eigenvalue weighted by Crippen LogP contribution is 2.37. The molecule has 0 saturated heterocycles. The minimum atomic E-state index is -1.00. The Morgan fingerprint density at radius 1 is 1.50 bits per heavy atom. The number of aromatic nitrogens is 2. The van der Waals surface area contributed by atoms with Crippen LogP contribution in [-0.4, -0.2) is 33.5 Å². The highest BCUT2D eigenvalue weighted by molar-refractivity contribution is 5.95. The molecule has 1 fully saturated rings. The van der Waals surface area contributed by atoms with Crippen LogP contribution in [0.25, 0.3) is 0 Å². The average Bonchev–Trinajstić information content (AvgIpc) is 3.18. The fourth-order valence-corrected chi connectivity index (χ4v) is 1.85. The van der Waals surface area contributed by atoms with E-state index in [1.807, 2.05) is 0 Å². The number of aliphatic carboxylic acids is 1. The standard InChI is InChI=1S/C13H17N3O4/c1-6(13(19)20)5-14-11(17)9-7(2)15-10(8-3-4-8)16-12(9)18/h6,8H,3-5H2,1-2H3,(H,14,17)(H,19,20)(H,15,16,18). The Bertz CT molecular complexity index is 604. The molecular formula is C13H17N3O4. The second kappa shape index (κ2) is 5.44. The maximum atomic E-state index is 11.9. The zero-order valence-electron chi connectivity index (χ0n) is 11.4. The van der Waals surface area contributed by atoms with E-state index >= 15 is 0 Å². The number of hydrogen-bond acceptors (Lipinski definition) is 4. The monoisotopic (exact) mass is 279 g/mol. The molecule has 1 aliphatic rings. The summed E-state index contributed by atoms with van der Waals surface area (Å²) in [5.41, 5.74) is -0.150. The quantitative estimate of drug-likeness (QED) is 0.722. The number of aryl methyl sites for hydroxylation is 1. The lowest BCUT2D eigenvalue weighted by molar-refractivity contribution is -0.140. The van der Waals surface area contributed by atoms with Crippen molar-refractivity contribution in [3.05, 3.63) is 27.4 Å². The number of amides is 1. The molecule has 20 heavy (non-hydrogen) atoms. The fourth-order valence-electron chi connectivity index (χ4n) is 1.85. The molecule has 1 atom stereocenters. The first-order chi connectivity index (χ1) is 9.40. The van der Waals surface area contributed by atoms with Gasteiger partial charge in [0.25, 0.3) is 11.5 Å². The number of carboxylic acids is 1. The van der Waals surface area contributed by atoms with Gasteiger partial charge in [0.1, 0.15) is 11.4 Å². The number of H-pyrrole nitrogens is 1. The number of carboxylic acid groups (broad SMARTS) is 1. The number of carbonyl (C=O) groups is 2. The van der Waals surface area contributed by atoms with Gasteiger partial charge in [0, 0.05) is 12.5 Å².